The van der Waals surface area contributed by atoms with Crippen molar-refractivity contribution in [2.45, 2.75) is 32.8 Å². The van der Waals surface area contributed by atoms with Crippen LogP contribution in [0.3, 0.4) is 0 Å². The molecule has 0 spiro atoms. The summed E-state index contributed by atoms with van der Waals surface area (Å²) < 4.78 is 17.8. The van der Waals surface area contributed by atoms with Gasteiger partial charge in [-0.25, -0.2) is 9.98 Å². The molecular formula is C21H26BrN3O3. The van der Waals surface area contributed by atoms with Crippen LogP contribution in [0, 0.1) is 6.92 Å². The van der Waals surface area contributed by atoms with Gasteiger partial charge in [-0.2, -0.15) is 0 Å². The lowest BCUT2D eigenvalue weighted by molar-refractivity contribution is 0.203. The van der Waals surface area contributed by atoms with E-state index in [2.05, 4.69) is 32.8 Å². The number of hydrogen-bond donors (Lipinski definition) is 0. The Morgan fingerprint density at radius 1 is 1.18 bits per heavy atom. The first-order valence-electron chi connectivity index (χ1n) is 9.27. The summed E-state index contributed by atoms with van der Waals surface area (Å²) in [5, 5.41) is 0. The van der Waals surface area contributed by atoms with Gasteiger partial charge in [0.1, 0.15) is 6.10 Å². The van der Waals surface area contributed by atoms with Gasteiger partial charge in [-0.15, -0.1) is 0 Å². The van der Waals surface area contributed by atoms with Gasteiger partial charge in [0.2, 0.25) is 5.88 Å². The predicted molar refractivity (Wildman–Crippen MR) is 115 cm³/mol. The van der Waals surface area contributed by atoms with Gasteiger partial charge in [-0.3, -0.25) is 0 Å². The van der Waals surface area contributed by atoms with E-state index in [9.17, 15) is 0 Å². The van der Waals surface area contributed by atoms with Crippen LogP contribution in [0.25, 0.3) is 0 Å². The highest BCUT2D eigenvalue weighted by atomic mass is 79.9. The molecule has 150 valence electrons. The summed E-state index contributed by atoms with van der Waals surface area (Å²) in [6, 6.07) is 6.02. The van der Waals surface area contributed by atoms with Crippen molar-refractivity contribution >= 4 is 28.0 Å². The lowest BCUT2D eigenvalue weighted by Crippen LogP contribution is -2.17. The normalized spacial score (nSPS) is 13.6. The van der Waals surface area contributed by atoms with Crippen molar-refractivity contribution in [3.8, 4) is 17.4 Å². The van der Waals surface area contributed by atoms with E-state index in [4.69, 9.17) is 14.2 Å². The van der Waals surface area contributed by atoms with Crippen LogP contribution in [0.5, 0.6) is 17.4 Å². The third kappa shape index (κ3) is 4.41. The molecule has 6 nitrogen and oxygen atoms in total. The molecule has 0 amide bonds. The number of benzene rings is 1. The SMILES string of the molecule is CCN(C)C=Nc1cc(Br)c(OC2Cc3cc(OC)c(OC)cc3C2)nc1C. The molecule has 1 aliphatic carbocycles. The van der Waals surface area contributed by atoms with Crippen molar-refractivity contribution in [3.63, 3.8) is 0 Å². The van der Waals surface area contributed by atoms with E-state index >= 15 is 0 Å². The Labute approximate surface area is 174 Å². The minimum Gasteiger partial charge on any atom is -0.493 e. The Morgan fingerprint density at radius 2 is 1.79 bits per heavy atom. The first kappa shape index (κ1) is 20.5. The van der Waals surface area contributed by atoms with Crippen LogP contribution in [-0.2, 0) is 12.8 Å². The van der Waals surface area contributed by atoms with Gasteiger partial charge in [0.05, 0.1) is 36.4 Å². The van der Waals surface area contributed by atoms with Crippen LogP contribution in [0.4, 0.5) is 5.69 Å². The zero-order valence-electron chi connectivity index (χ0n) is 17.0. The maximum Gasteiger partial charge on any atom is 0.228 e. The molecule has 3 rings (SSSR count). The number of aromatic nitrogens is 1. The smallest absolute Gasteiger partial charge is 0.228 e. The van der Waals surface area contributed by atoms with Gasteiger partial charge in [-0.1, -0.05) is 0 Å². The highest BCUT2D eigenvalue weighted by Gasteiger charge is 2.26. The fourth-order valence-electron chi connectivity index (χ4n) is 3.15. The Morgan fingerprint density at radius 3 is 2.32 bits per heavy atom. The number of aryl methyl sites for hydroxylation is 1. The zero-order valence-corrected chi connectivity index (χ0v) is 18.5. The molecule has 1 aromatic carbocycles. The van der Waals surface area contributed by atoms with Crippen molar-refractivity contribution in [1.29, 1.82) is 0 Å². The van der Waals surface area contributed by atoms with Crippen LogP contribution in [0.2, 0.25) is 0 Å². The molecule has 1 aliphatic rings. The van der Waals surface area contributed by atoms with Crippen molar-refractivity contribution in [3.05, 3.63) is 39.5 Å². The summed E-state index contributed by atoms with van der Waals surface area (Å²) in [4.78, 5) is 11.1. The predicted octanol–water partition coefficient (Wildman–Crippen LogP) is 4.33. The average molecular weight is 448 g/mol. The molecule has 0 saturated carbocycles. The fraction of sp³-hybridized carbons (Fsp3) is 0.429. The molecule has 0 radical (unpaired) electrons. The van der Waals surface area contributed by atoms with Crippen LogP contribution in [0.1, 0.15) is 23.7 Å². The summed E-state index contributed by atoms with van der Waals surface area (Å²) in [6.07, 6.45) is 3.45. The van der Waals surface area contributed by atoms with Gasteiger partial charge < -0.3 is 19.1 Å². The molecule has 0 fully saturated rings. The molecule has 28 heavy (non-hydrogen) atoms. The summed E-state index contributed by atoms with van der Waals surface area (Å²) in [7, 11) is 5.29. The molecule has 0 aliphatic heterocycles. The standard InChI is InChI=1S/C21H26BrN3O3/c1-6-25(3)12-23-18-11-17(22)21(24-13(18)2)28-16-7-14-9-19(26-4)20(27-5)10-15(14)8-16/h9-12,16H,6-8H2,1-5H3. The summed E-state index contributed by atoms with van der Waals surface area (Å²) in [5.41, 5.74) is 4.10. The van der Waals surface area contributed by atoms with Gasteiger partial charge >= 0.3 is 0 Å². The molecule has 1 heterocycles. The third-order valence-corrected chi connectivity index (χ3v) is 5.45. The van der Waals surface area contributed by atoms with Gasteiger partial charge in [-0.05, 0) is 59.1 Å². The number of nitrogens with zero attached hydrogens (tertiary/aromatic N) is 3. The minimum absolute atomic E-state index is 0.0237. The summed E-state index contributed by atoms with van der Waals surface area (Å²) in [5.74, 6) is 2.09. The maximum absolute atomic E-state index is 6.22. The van der Waals surface area contributed by atoms with Crippen molar-refractivity contribution in [1.82, 2.24) is 9.88 Å². The number of aliphatic imine (C=N–C) groups is 1. The number of pyridine rings is 1. The second-order valence-electron chi connectivity index (χ2n) is 6.82. The molecule has 0 atom stereocenters. The highest BCUT2D eigenvalue weighted by molar-refractivity contribution is 9.10. The number of ether oxygens (including phenoxy) is 3. The van der Waals surface area contributed by atoms with Gasteiger partial charge in [0.15, 0.2) is 11.5 Å². The molecule has 0 unspecified atom stereocenters. The van der Waals surface area contributed by atoms with Crippen LogP contribution < -0.4 is 14.2 Å². The van der Waals surface area contributed by atoms with Crippen molar-refractivity contribution in [2.75, 3.05) is 27.8 Å². The molecule has 1 aromatic heterocycles. The average Bonchev–Trinajstić information content (AvgIpc) is 3.08. The monoisotopic (exact) mass is 447 g/mol. The number of hydrogen-bond acceptors (Lipinski definition) is 5. The number of fused-ring (bicyclic) bond motifs is 1. The minimum atomic E-state index is 0.0237. The van der Waals surface area contributed by atoms with E-state index in [-0.39, 0.29) is 6.10 Å². The Balaban J connectivity index is 1.75. The van der Waals surface area contributed by atoms with Gasteiger partial charge in [0, 0.05) is 26.4 Å². The van der Waals surface area contributed by atoms with Crippen molar-refractivity contribution in [2.24, 2.45) is 4.99 Å². The second-order valence-corrected chi connectivity index (χ2v) is 7.68. The first-order valence-corrected chi connectivity index (χ1v) is 10.1. The molecule has 0 N–H and O–H groups in total. The molecular weight excluding hydrogens is 422 g/mol. The number of halogens is 1. The van der Waals surface area contributed by atoms with Gasteiger partial charge in [0.25, 0.3) is 0 Å². The third-order valence-electron chi connectivity index (χ3n) is 4.88. The van der Waals surface area contributed by atoms with Crippen LogP contribution >= 0.6 is 15.9 Å². The fourth-order valence-corrected chi connectivity index (χ4v) is 3.55. The Kier molecular flexibility index (Phi) is 6.44. The summed E-state index contributed by atoms with van der Waals surface area (Å²) in [6.45, 7) is 4.92. The largest absolute Gasteiger partial charge is 0.493 e. The number of rotatable bonds is 7. The summed E-state index contributed by atoms with van der Waals surface area (Å²) >= 11 is 3.58. The van der Waals surface area contributed by atoms with E-state index in [1.807, 2.05) is 43.4 Å². The lowest BCUT2D eigenvalue weighted by Gasteiger charge is -2.15. The second kappa shape index (κ2) is 8.82. The number of methoxy groups -OCH3 is 2. The quantitative estimate of drug-likeness (QED) is 0.466. The van der Waals surface area contributed by atoms with Crippen molar-refractivity contribution < 1.29 is 14.2 Å². The van der Waals surface area contributed by atoms with E-state index in [1.165, 1.54) is 11.1 Å². The van der Waals surface area contributed by atoms with E-state index in [0.717, 1.165) is 46.7 Å². The van der Waals surface area contributed by atoms with Crippen LogP contribution in [-0.4, -0.2) is 50.1 Å². The zero-order chi connectivity index (χ0) is 20.3. The maximum atomic E-state index is 6.22. The molecule has 0 saturated heterocycles. The topological polar surface area (TPSA) is 56.2 Å². The highest BCUT2D eigenvalue weighted by Crippen LogP contribution is 2.37. The first-order chi connectivity index (χ1) is 13.4. The lowest BCUT2D eigenvalue weighted by atomic mass is 10.1. The van der Waals surface area contributed by atoms with E-state index in [0.29, 0.717) is 5.88 Å². The molecule has 0 bridgehead atoms. The van der Waals surface area contributed by atoms with Crippen LogP contribution in [0.15, 0.2) is 27.7 Å². The Hall–Kier alpha value is -2.28. The van der Waals surface area contributed by atoms with E-state index < -0.39 is 0 Å². The molecule has 7 heteroatoms. The van der Waals surface area contributed by atoms with E-state index in [1.54, 1.807) is 14.2 Å². The molecule has 2 aromatic rings. The Bertz CT molecular complexity index is 853.